The van der Waals surface area contributed by atoms with Crippen molar-refractivity contribution in [1.29, 1.82) is 0 Å². The Morgan fingerprint density at radius 1 is 1.12 bits per heavy atom. The molecule has 4 nitrogen and oxygen atoms in total. The predicted molar refractivity (Wildman–Crippen MR) is 64.3 cm³/mol. The van der Waals surface area contributed by atoms with Crippen LogP contribution in [0, 0.1) is 0 Å². The maximum Gasteiger partial charge on any atom is 0.309 e. The summed E-state index contributed by atoms with van der Waals surface area (Å²) in [5.41, 5.74) is -0.596. The molecule has 0 radical (unpaired) electrons. The Labute approximate surface area is 101 Å². The van der Waals surface area contributed by atoms with Crippen LogP contribution in [0.5, 0.6) is 11.5 Å². The van der Waals surface area contributed by atoms with Crippen LogP contribution >= 0.6 is 0 Å². The summed E-state index contributed by atoms with van der Waals surface area (Å²) < 4.78 is 15.4. The van der Waals surface area contributed by atoms with Gasteiger partial charge in [-0.3, -0.25) is 4.79 Å². The van der Waals surface area contributed by atoms with E-state index < -0.39 is 5.60 Å². The molecule has 0 spiro atoms. The molecule has 0 unspecified atom stereocenters. The summed E-state index contributed by atoms with van der Waals surface area (Å²) in [6.45, 7) is 3.68. The van der Waals surface area contributed by atoms with Crippen molar-refractivity contribution in [3.63, 3.8) is 0 Å². The summed E-state index contributed by atoms with van der Waals surface area (Å²) in [5.74, 6) is 1.17. The van der Waals surface area contributed by atoms with E-state index in [-0.39, 0.29) is 12.4 Å². The Balaban J connectivity index is 2.65. The van der Waals surface area contributed by atoms with E-state index in [1.165, 1.54) is 7.11 Å². The average Bonchev–Trinajstić information content (AvgIpc) is 2.28. The van der Waals surface area contributed by atoms with Crippen molar-refractivity contribution >= 4 is 5.97 Å². The van der Waals surface area contributed by atoms with Crippen molar-refractivity contribution in [3.8, 4) is 11.5 Å². The van der Waals surface area contributed by atoms with Crippen molar-refractivity contribution in [3.05, 3.63) is 24.3 Å². The van der Waals surface area contributed by atoms with Gasteiger partial charge in [-0.25, -0.2) is 0 Å². The Morgan fingerprint density at radius 3 is 2.12 bits per heavy atom. The number of ether oxygens (including phenoxy) is 3. The molecule has 4 heteroatoms. The summed E-state index contributed by atoms with van der Waals surface area (Å²) in [7, 11) is 2.98. The van der Waals surface area contributed by atoms with Gasteiger partial charge in [0.2, 0.25) is 0 Å². The zero-order valence-corrected chi connectivity index (χ0v) is 10.6. The van der Waals surface area contributed by atoms with Gasteiger partial charge in [0.1, 0.15) is 17.1 Å². The smallest absolute Gasteiger partial charge is 0.309 e. The second-order valence-electron chi connectivity index (χ2n) is 4.29. The van der Waals surface area contributed by atoms with Gasteiger partial charge in [0, 0.05) is 0 Å². The third-order valence-corrected chi connectivity index (χ3v) is 2.25. The Bertz CT molecular complexity index is 368. The average molecular weight is 238 g/mol. The zero-order valence-electron chi connectivity index (χ0n) is 10.6. The molecule has 0 bridgehead atoms. The summed E-state index contributed by atoms with van der Waals surface area (Å²) in [6, 6.07) is 7.23. The summed E-state index contributed by atoms with van der Waals surface area (Å²) in [6.07, 6.45) is 0.204. The number of hydrogen-bond donors (Lipinski definition) is 0. The standard InChI is InChI=1S/C13H18O4/c1-13(2,9-12(14)16-4)17-11-7-5-10(15-3)6-8-11/h5-8H,9H2,1-4H3. The largest absolute Gasteiger partial charge is 0.497 e. The molecule has 0 amide bonds. The number of carbonyl (C=O) groups excluding carboxylic acids is 1. The van der Waals surface area contributed by atoms with Crippen molar-refractivity contribution in [2.24, 2.45) is 0 Å². The molecule has 0 atom stereocenters. The first-order valence-corrected chi connectivity index (χ1v) is 5.37. The molecule has 0 saturated carbocycles. The minimum absolute atomic E-state index is 0.204. The third kappa shape index (κ3) is 4.34. The van der Waals surface area contributed by atoms with Gasteiger partial charge >= 0.3 is 5.97 Å². The quantitative estimate of drug-likeness (QED) is 0.739. The first-order chi connectivity index (χ1) is 7.96. The Morgan fingerprint density at radius 2 is 1.65 bits per heavy atom. The SMILES string of the molecule is COC(=O)CC(C)(C)Oc1ccc(OC)cc1. The molecule has 0 saturated heterocycles. The van der Waals surface area contributed by atoms with Crippen LogP contribution in [-0.2, 0) is 9.53 Å². The predicted octanol–water partition coefficient (Wildman–Crippen LogP) is 2.42. The first kappa shape index (κ1) is 13.4. The fourth-order valence-electron chi connectivity index (χ4n) is 1.42. The Hall–Kier alpha value is -1.71. The van der Waals surface area contributed by atoms with Crippen LogP contribution < -0.4 is 9.47 Å². The van der Waals surface area contributed by atoms with E-state index in [1.807, 2.05) is 26.0 Å². The summed E-state index contributed by atoms with van der Waals surface area (Å²) in [5, 5.41) is 0. The summed E-state index contributed by atoms with van der Waals surface area (Å²) in [4.78, 5) is 11.2. The number of hydrogen-bond acceptors (Lipinski definition) is 4. The fourth-order valence-corrected chi connectivity index (χ4v) is 1.42. The van der Waals surface area contributed by atoms with Gasteiger partial charge in [0.25, 0.3) is 0 Å². The van der Waals surface area contributed by atoms with Crippen LogP contribution in [0.4, 0.5) is 0 Å². The molecule has 0 N–H and O–H groups in total. The second-order valence-corrected chi connectivity index (χ2v) is 4.29. The number of benzene rings is 1. The highest BCUT2D eigenvalue weighted by Crippen LogP contribution is 2.23. The van der Waals surface area contributed by atoms with E-state index in [0.717, 1.165) is 5.75 Å². The molecule has 1 aromatic carbocycles. The van der Waals surface area contributed by atoms with Gasteiger partial charge in [0.15, 0.2) is 0 Å². The lowest BCUT2D eigenvalue weighted by atomic mass is 10.1. The summed E-state index contributed by atoms with van der Waals surface area (Å²) >= 11 is 0. The highest BCUT2D eigenvalue weighted by molar-refractivity contribution is 5.70. The number of carbonyl (C=O) groups is 1. The van der Waals surface area contributed by atoms with Crippen molar-refractivity contribution < 1.29 is 19.0 Å². The van der Waals surface area contributed by atoms with E-state index >= 15 is 0 Å². The lowest BCUT2D eigenvalue weighted by Gasteiger charge is -2.25. The molecular formula is C13H18O4. The normalized spacial score (nSPS) is 10.8. The van der Waals surface area contributed by atoms with Gasteiger partial charge in [-0.15, -0.1) is 0 Å². The first-order valence-electron chi connectivity index (χ1n) is 5.37. The topological polar surface area (TPSA) is 44.8 Å². The molecule has 1 aromatic rings. The van der Waals surface area contributed by atoms with Crippen molar-refractivity contribution in [2.75, 3.05) is 14.2 Å². The zero-order chi connectivity index (χ0) is 12.9. The maximum atomic E-state index is 11.2. The highest BCUT2D eigenvalue weighted by atomic mass is 16.5. The molecule has 17 heavy (non-hydrogen) atoms. The van der Waals surface area contributed by atoms with Crippen LogP contribution in [0.3, 0.4) is 0 Å². The van der Waals surface area contributed by atoms with Crippen LogP contribution in [-0.4, -0.2) is 25.8 Å². The van der Waals surface area contributed by atoms with Crippen LogP contribution in [0.2, 0.25) is 0 Å². The molecule has 0 aliphatic carbocycles. The van der Waals surface area contributed by atoms with E-state index in [0.29, 0.717) is 5.75 Å². The minimum Gasteiger partial charge on any atom is -0.497 e. The molecule has 0 aliphatic heterocycles. The molecule has 0 aromatic heterocycles. The molecule has 1 rings (SSSR count). The van der Waals surface area contributed by atoms with Crippen LogP contribution in [0.15, 0.2) is 24.3 Å². The van der Waals surface area contributed by atoms with Crippen molar-refractivity contribution in [1.82, 2.24) is 0 Å². The van der Waals surface area contributed by atoms with Crippen LogP contribution in [0.25, 0.3) is 0 Å². The number of methoxy groups -OCH3 is 2. The maximum absolute atomic E-state index is 11.2. The van der Waals surface area contributed by atoms with Gasteiger partial charge in [-0.1, -0.05) is 0 Å². The molecule has 0 heterocycles. The Kier molecular flexibility index (Phi) is 4.37. The fraction of sp³-hybridized carbons (Fsp3) is 0.462. The van der Waals surface area contributed by atoms with Gasteiger partial charge < -0.3 is 14.2 Å². The van der Waals surface area contributed by atoms with Gasteiger partial charge in [-0.05, 0) is 38.1 Å². The van der Waals surface area contributed by atoms with E-state index in [9.17, 15) is 4.79 Å². The minimum atomic E-state index is -0.596. The van der Waals surface area contributed by atoms with E-state index in [2.05, 4.69) is 4.74 Å². The van der Waals surface area contributed by atoms with Crippen LogP contribution in [0.1, 0.15) is 20.3 Å². The van der Waals surface area contributed by atoms with E-state index in [1.54, 1.807) is 19.2 Å². The molecule has 0 aliphatic rings. The van der Waals surface area contributed by atoms with Crippen molar-refractivity contribution in [2.45, 2.75) is 25.9 Å². The lowest BCUT2D eigenvalue weighted by Crippen LogP contribution is -2.31. The third-order valence-electron chi connectivity index (χ3n) is 2.25. The lowest BCUT2D eigenvalue weighted by molar-refractivity contribution is -0.144. The monoisotopic (exact) mass is 238 g/mol. The molecular weight excluding hydrogens is 220 g/mol. The van der Waals surface area contributed by atoms with E-state index in [4.69, 9.17) is 9.47 Å². The van der Waals surface area contributed by atoms with Gasteiger partial charge in [0.05, 0.1) is 20.6 Å². The molecule has 94 valence electrons. The highest BCUT2D eigenvalue weighted by Gasteiger charge is 2.24. The second kappa shape index (κ2) is 5.57. The van der Waals surface area contributed by atoms with Gasteiger partial charge in [-0.2, -0.15) is 0 Å². The molecule has 0 fully saturated rings. The number of rotatable bonds is 5. The number of esters is 1.